The molecule has 0 aromatic heterocycles. The molecule has 0 aromatic rings. The van der Waals surface area contributed by atoms with Crippen LogP contribution in [0.2, 0.25) is 0 Å². The van der Waals surface area contributed by atoms with Crippen LogP contribution in [0.25, 0.3) is 0 Å². The van der Waals surface area contributed by atoms with E-state index in [1.807, 2.05) is 6.92 Å². The maximum Gasteiger partial charge on any atom is 0.509 e. The number of allylic oxidation sites excluding steroid dienone is 3. The number of amides is 1. The monoisotopic (exact) mass is 798 g/mol. The topological polar surface area (TPSA) is 159 Å². The van der Waals surface area contributed by atoms with Gasteiger partial charge in [0.1, 0.15) is 28.6 Å². The van der Waals surface area contributed by atoms with Crippen molar-refractivity contribution in [2.24, 2.45) is 28.3 Å². The number of aliphatic hydroxyl groups is 1. The lowest BCUT2D eigenvalue weighted by molar-refractivity contribution is -0.258. The van der Waals surface area contributed by atoms with Crippen LogP contribution in [0, 0.1) is 23.2 Å². The Bertz CT molecular complexity index is 1720. The van der Waals surface area contributed by atoms with Crippen molar-refractivity contribution < 1.29 is 61.6 Å². The highest BCUT2D eigenvalue weighted by molar-refractivity contribution is 6.47. The van der Waals surface area contributed by atoms with Gasteiger partial charge in [-0.05, 0) is 72.8 Å². The molecule has 1 amide bonds. The molecular formula is C39H53ClF2N2O11. The van der Waals surface area contributed by atoms with E-state index in [4.69, 9.17) is 40.1 Å². The number of hydrogen-bond donors (Lipinski definition) is 1. The maximum atomic E-state index is 14.9. The van der Waals surface area contributed by atoms with Crippen molar-refractivity contribution >= 4 is 41.5 Å². The van der Waals surface area contributed by atoms with E-state index in [0.717, 1.165) is 11.8 Å². The van der Waals surface area contributed by atoms with Gasteiger partial charge in [-0.2, -0.15) is 0 Å². The highest BCUT2D eigenvalue weighted by Gasteiger charge is 2.70. The lowest BCUT2D eigenvalue weighted by Gasteiger charge is -2.60. The number of rotatable bonds is 6. The van der Waals surface area contributed by atoms with E-state index in [9.17, 15) is 33.1 Å². The van der Waals surface area contributed by atoms with Crippen LogP contribution in [0.1, 0.15) is 102 Å². The number of likely N-dealkylation sites (tertiary alicyclic amines) is 1. The van der Waals surface area contributed by atoms with E-state index < -0.39 is 101 Å². The Hall–Kier alpha value is -3.72. The molecule has 0 radical (unpaired) electrons. The Balaban J connectivity index is 1.67. The van der Waals surface area contributed by atoms with E-state index in [0.29, 0.717) is 18.4 Å². The molecule has 2 aliphatic heterocycles. The zero-order valence-electron chi connectivity index (χ0n) is 33.2. The third-order valence-electron chi connectivity index (χ3n) is 11.3. The Labute approximate surface area is 325 Å². The van der Waals surface area contributed by atoms with Crippen LogP contribution in [0.4, 0.5) is 18.4 Å². The molecule has 10 atom stereocenters. The maximum absolute atomic E-state index is 14.9. The van der Waals surface area contributed by atoms with Crippen LogP contribution in [-0.2, 0) is 38.1 Å². The smallest absolute Gasteiger partial charge is 0.454 e. The van der Waals surface area contributed by atoms with Crippen molar-refractivity contribution in [1.82, 2.24) is 4.90 Å². The minimum atomic E-state index is -2.85. The molecule has 1 N–H and O–H groups in total. The first-order chi connectivity index (χ1) is 25.3. The summed E-state index contributed by atoms with van der Waals surface area (Å²) in [6.07, 6.45) is -4.20. The number of alkyl halides is 2. The van der Waals surface area contributed by atoms with Crippen molar-refractivity contribution in [1.29, 1.82) is 0 Å². The average Bonchev–Trinajstić information content (AvgIpc) is 3.37. The van der Waals surface area contributed by atoms with E-state index in [-0.39, 0.29) is 28.7 Å². The summed E-state index contributed by atoms with van der Waals surface area (Å²) < 4.78 is 58.6. The van der Waals surface area contributed by atoms with Gasteiger partial charge in [0, 0.05) is 36.2 Å². The van der Waals surface area contributed by atoms with Gasteiger partial charge in [0.25, 0.3) is 0 Å². The summed E-state index contributed by atoms with van der Waals surface area (Å²) in [6, 6.07) is -1.67. The van der Waals surface area contributed by atoms with Gasteiger partial charge < -0.3 is 33.6 Å². The first kappa shape index (κ1) is 42.4. The minimum Gasteiger partial charge on any atom is -0.454 e. The van der Waals surface area contributed by atoms with Gasteiger partial charge in [-0.25, -0.2) is 23.2 Å². The van der Waals surface area contributed by atoms with Gasteiger partial charge in [0.05, 0.1) is 5.03 Å². The van der Waals surface area contributed by atoms with Crippen molar-refractivity contribution in [3.8, 4) is 0 Å². The SMILES string of the molecule is CC(=O)O[C@@H]1C(C)=C[C@@H]2CCC[C@](C)(C(C)C(F)F)[C@@]2(O)[C@H]1OC(=O)[C@@H]1C[C@@]2(OC(=O)OC(C)(C)C)C3=CC(C)C=C(Cl)C3=NO[C@H]2N1C(=O)OC(C)(C)C. The third kappa shape index (κ3) is 7.71. The molecule has 2 unspecified atom stereocenters. The summed E-state index contributed by atoms with van der Waals surface area (Å²) >= 11 is 6.63. The van der Waals surface area contributed by atoms with Crippen molar-refractivity contribution in [3.63, 3.8) is 0 Å². The zero-order valence-corrected chi connectivity index (χ0v) is 34.0. The number of halogens is 3. The molecule has 1 saturated heterocycles. The second-order valence-electron chi connectivity index (χ2n) is 17.6. The molecule has 0 bridgehead atoms. The summed E-state index contributed by atoms with van der Waals surface area (Å²) in [5, 5.41) is 17.2. The van der Waals surface area contributed by atoms with Gasteiger partial charge >= 0.3 is 24.2 Å². The molecule has 3 aliphatic carbocycles. The summed E-state index contributed by atoms with van der Waals surface area (Å²) in [7, 11) is 0. The largest absolute Gasteiger partial charge is 0.509 e. The number of nitrogens with zero attached hydrogens (tertiary/aromatic N) is 2. The number of ether oxygens (including phenoxy) is 5. The molecule has 2 fully saturated rings. The van der Waals surface area contributed by atoms with Crippen LogP contribution < -0.4 is 0 Å². The van der Waals surface area contributed by atoms with Crippen molar-refractivity contribution in [2.75, 3.05) is 0 Å². The molecule has 16 heteroatoms. The van der Waals surface area contributed by atoms with Gasteiger partial charge in [-0.15, -0.1) is 0 Å². The minimum absolute atomic E-state index is 0.0943. The van der Waals surface area contributed by atoms with E-state index in [1.54, 1.807) is 66.7 Å². The molecule has 13 nitrogen and oxygen atoms in total. The normalized spacial score (nSPS) is 34.9. The predicted molar refractivity (Wildman–Crippen MR) is 195 cm³/mol. The van der Waals surface area contributed by atoms with Gasteiger partial charge in [-0.1, -0.05) is 62.2 Å². The van der Waals surface area contributed by atoms with Crippen LogP contribution in [0.15, 0.2) is 39.6 Å². The molecule has 0 spiro atoms. The molecule has 0 aromatic carbocycles. The van der Waals surface area contributed by atoms with Crippen molar-refractivity contribution in [3.05, 3.63) is 34.4 Å². The Morgan fingerprint density at radius 1 is 1.05 bits per heavy atom. The van der Waals surface area contributed by atoms with Crippen LogP contribution in [0.3, 0.4) is 0 Å². The fourth-order valence-corrected chi connectivity index (χ4v) is 8.98. The number of hydrogen-bond acceptors (Lipinski definition) is 12. The molecule has 5 aliphatic rings. The van der Waals surface area contributed by atoms with Gasteiger partial charge in [0.2, 0.25) is 18.3 Å². The van der Waals surface area contributed by atoms with Gasteiger partial charge in [0.15, 0.2) is 12.2 Å². The second kappa shape index (κ2) is 14.7. The Kier molecular flexibility index (Phi) is 11.3. The lowest BCUT2D eigenvalue weighted by atomic mass is 9.50. The second-order valence-corrected chi connectivity index (χ2v) is 18.0. The summed E-state index contributed by atoms with van der Waals surface area (Å²) in [6.45, 7) is 17.2. The molecule has 306 valence electrons. The summed E-state index contributed by atoms with van der Waals surface area (Å²) in [5.41, 5.74) is -7.05. The quantitative estimate of drug-likeness (QED) is 0.163. The highest BCUT2D eigenvalue weighted by atomic mass is 35.5. The van der Waals surface area contributed by atoms with E-state index >= 15 is 0 Å². The number of fused-ring (bicyclic) bond motifs is 4. The van der Waals surface area contributed by atoms with E-state index in [2.05, 4.69) is 5.16 Å². The predicted octanol–water partition coefficient (Wildman–Crippen LogP) is 7.34. The first-order valence-electron chi connectivity index (χ1n) is 18.6. The Morgan fingerprint density at radius 2 is 1.69 bits per heavy atom. The van der Waals surface area contributed by atoms with Crippen LogP contribution in [0.5, 0.6) is 0 Å². The van der Waals surface area contributed by atoms with Crippen LogP contribution >= 0.6 is 11.6 Å². The summed E-state index contributed by atoms with van der Waals surface area (Å²) in [4.78, 5) is 62.1. The number of carbonyl (C=O) groups excluding carboxylic acids is 4. The zero-order chi connectivity index (χ0) is 41.2. The molecule has 5 rings (SSSR count). The van der Waals surface area contributed by atoms with Gasteiger partial charge in [-0.3, -0.25) is 9.69 Å². The number of carbonyl (C=O) groups is 4. The molecular weight excluding hydrogens is 746 g/mol. The molecule has 55 heavy (non-hydrogen) atoms. The number of esters is 2. The lowest BCUT2D eigenvalue weighted by Crippen LogP contribution is -2.70. The highest BCUT2D eigenvalue weighted by Crippen LogP contribution is 2.59. The van der Waals surface area contributed by atoms with Crippen molar-refractivity contribution in [2.45, 2.75) is 155 Å². The van der Waals surface area contributed by atoms with E-state index in [1.165, 1.54) is 13.8 Å². The fourth-order valence-electron chi connectivity index (χ4n) is 8.64. The summed E-state index contributed by atoms with van der Waals surface area (Å²) in [5.74, 6) is -4.40. The third-order valence-corrected chi connectivity index (χ3v) is 11.6. The molecule has 2 heterocycles. The first-order valence-corrected chi connectivity index (χ1v) is 19.0. The van der Waals surface area contributed by atoms with Crippen LogP contribution in [-0.4, -0.2) is 93.2 Å². The fraction of sp³-hybridized carbons (Fsp3) is 0.718. The molecule has 1 saturated carbocycles. The number of oxime groups is 1. The average molecular weight is 799 g/mol. The standard InChI is InChI=1S/C39H53ClF2N2O11/c1-19-15-24-27(25(40)16-19)43-55-32-38(24,54-34(48)53-36(8,9)10)18-26(44(32)33(47)52-35(5,6)7)31(46)51-29-28(50-22(4)45)20(2)17-23-13-12-14-37(11,39(23,29)49)21(3)30(41)42/h15-17,19,21,23,26,28-30,32,49H,12-14,18H2,1-11H3/t19?,21?,23-,26-,28+,29-,32+,37+,38+,39-/m0/s1. The Morgan fingerprint density at radius 3 is 2.27 bits per heavy atom.